The van der Waals surface area contributed by atoms with Crippen LogP contribution >= 0.6 is 0 Å². The summed E-state index contributed by atoms with van der Waals surface area (Å²) in [4.78, 5) is 32.1. The first-order valence-corrected chi connectivity index (χ1v) is 4.84. The quantitative estimate of drug-likeness (QED) is 0.556. The molecule has 18 heavy (non-hydrogen) atoms. The molecule has 0 unspecified atom stereocenters. The monoisotopic (exact) mass is 253 g/mol. The number of ether oxygens (including phenoxy) is 1. The van der Waals surface area contributed by atoms with Gasteiger partial charge in [0.25, 0.3) is 5.91 Å². The third-order valence-electron chi connectivity index (χ3n) is 2.06. The van der Waals surface area contributed by atoms with E-state index in [0.29, 0.717) is 0 Å². The van der Waals surface area contributed by atoms with Gasteiger partial charge in [-0.2, -0.15) is 0 Å². The zero-order valence-electron chi connectivity index (χ0n) is 9.50. The number of methoxy groups -OCH3 is 1. The van der Waals surface area contributed by atoms with Gasteiger partial charge in [0.05, 0.1) is 18.6 Å². The number of amides is 2. The lowest BCUT2D eigenvalue weighted by molar-refractivity contribution is -0.385. The maximum Gasteiger partial charge on any atom is 0.311 e. The molecule has 0 fully saturated rings. The van der Waals surface area contributed by atoms with Crippen LogP contribution in [0.5, 0.6) is 5.75 Å². The normalized spacial score (nSPS) is 9.61. The Morgan fingerprint density at radius 2 is 2.17 bits per heavy atom. The second kappa shape index (κ2) is 5.62. The fraction of sp³-hybridized carbons (Fsp3) is 0.200. The summed E-state index contributed by atoms with van der Waals surface area (Å²) < 4.78 is 4.79. The van der Waals surface area contributed by atoms with Crippen molar-refractivity contribution in [2.24, 2.45) is 5.73 Å². The Morgan fingerprint density at radius 1 is 1.50 bits per heavy atom. The van der Waals surface area contributed by atoms with Gasteiger partial charge in [-0.3, -0.25) is 19.7 Å². The number of nitro groups is 1. The maximum atomic E-state index is 11.5. The van der Waals surface area contributed by atoms with E-state index in [9.17, 15) is 19.7 Å². The van der Waals surface area contributed by atoms with Crippen molar-refractivity contribution in [2.45, 2.75) is 0 Å². The minimum atomic E-state index is -0.702. The van der Waals surface area contributed by atoms with Crippen LogP contribution in [-0.4, -0.2) is 30.4 Å². The minimum absolute atomic E-state index is 0.0451. The summed E-state index contributed by atoms with van der Waals surface area (Å²) in [5.74, 6) is -1.28. The molecule has 1 aromatic carbocycles. The molecule has 0 bridgehead atoms. The standard InChI is InChI=1S/C10H11N3O5/c1-18-8-3-2-6(4-7(8)13(16)17)10(15)12-5-9(11)14/h2-4H,5H2,1H3,(H2,11,14)(H,12,15). The number of carbonyl (C=O) groups excluding carboxylic acids is 2. The molecule has 1 aromatic rings. The molecule has 3 N–H and O–H groups in total. The van der Waals surface area contributed by atoms with E-state index in [4.69, 9.17) is 10.5 Å². The number of hydrogen-bond acceptors (Lipinski definition) is 5. The Morgan fingerprint density at radius 3 is 2.67 bits per heavy atom. The highest BCUT2D eigenvalue weighted by Gasteiger charge is 2.18. The molecule has 0 spiro atoms. The largest absolute Gasteiger partial charge is 0.490 e. The van der Waals surface area contributed by atoms with Gasteiger partial charge in [0.15, 0.2) is 5.75 Å². The third-order valence-corrected chi connectivity index (χ3v) is 2.06. The van der Waals surface area contributed by atoms with E-state index in [1.54, 1.807) is 0 Å². The van der Waals surface area contributed by atoms with Gasteiger partial charge in [0.1, 0.15) is 0 Å². The number of carbonyl (C=O) groups is 2. The van der Waals surface area contributed by atoms with Crippen LogP contribution in [-0.2, 0) is 4.79 Å². The van der Waals surface area contributed by atoms with Crippen LogP contribution in [0, 0.1) is 10.1 Å². The second-order valence-electron chi connectivity index (χ2n) is 3.29. The Balaban J connectivity index is 2.97. The van der Waals surface area contributed by atoms with Gasteiger partial charge in [0, 0.05) is 11.6 Å². The van der Waals surface area contributed by atoms with Crippen molar-refractivity contribution in [3.8, 4) is 5.75 Å². The van der Waals surface area contributed by atoms with Crippen LogP contribution in [0.4, 0.5) is 5.69 Å². The van der Waals surface area contributed by atoms with Gasteiger partial charge in [-0.05, 0) is 12.1 Å². The molecule has 0 aliphatic carbocycles. The van der Waals surface area contributed by atoms with Gasteiger partial charge < -0.3 is 15.8 Å². The Labute approximate surface area is 102 Å². The zero-order chi connectivity index (χ0) is 13.7. The van der Waals surface area contributed by atoms with Crippen molar-refractivity contribution in [2.75, 3.05) is 13.7 Å². The van der Waals surface area contributed by atoms with E-state index in [-0.39, 0.29) is 23.5 Å². The Bertz CT molecular complexity index is 500. The van der Waals surface area contributed by atoms with E-state index in [1.807, 2.05) is 0 Å². The summed E-state index contributed by atoms with van der Waals surface area (Å²) in [7, 11) is 1.29. The van der Waals surface area contributed by atoms with Crippen LogP contribution in [0.3, 0.4) is 0 Å². The molecule has 0 radical (unpaired) electrons. The maximum absolute atomic E-state index is 11.5. The number of benzene rings is 1. The molecule has 0 saturated heterocycles. The number of nitrogens with zero attached hydrogens (tertiary/aromatic N) is 1. The summed E-state index contributed by atoms with van der Waals surface area (Å²) >= 11 is 0. The van der Waals surface area contributed by atoms with Crippen molar-refractivity contribution in [3.05, 3.63) is 33.9 Å². The molecule has 0 aliphatic heterocycles. The van der Waals surface area contributed by atoms with E-state index in [0.717, 1.165) is 6.07 Å². The van der Waals surface area contributed by atoms with Crippen LogP contribution < -0.4 is 15.8 Å². The van der Waals surface area contributed by atoms with Crippen LogP contribution in [0.25, 0.3) is 0 Å². The predicted octanol–water partition coefficient (Wildman–Crippen LogP) is -0.182. The SMILES string of the molecule is COc1ccc(C(=O)NCC(N)=O)cc1[N+](=O)[O-]. The summed E-state index contributed by atoms with van der Waals surface area (Å²) in [6.45, 7) is -0.335. The van der Waals surface area contributed by atoms with Crippen molar-refractivity contribution < 1.29 is 19.2 Å². The minimum Gasteiger partial charge on any atom is -0.490 e. The number of nitro benzene ring substituents is 1. The fourth-order valence-electron chi connectivity index (χ4n) is 1.24. The molecule has 0 atom stereocenters. The topological polar surface area (TPSA) is 125 Å². The number of hydrogen-bond donors (Lipinski definition) is 2. The van der Waals surface area contributed by atoms with Gasteiger partial charge in [-0.25, -0.2) is 0 Å². The third kappa shape index (κ3) is 3.17. The molecule has 0 aromatic heterocycles. The summed E-state index contributed by atoms with van der Waals surface area (Å²) in [6.07, 6.45) is 0. The average Bonchev–Trinajstić information content (AvgIpc) is 2.34. The highest BCUT2D eigenvalue weighted by Crippen LogP contribution is 2.27. The van der Waals surface area contributed by atoms with Crippen molar-refractivity contribution in [3.63, 3.8) is 0 Å². The van der Waals surface area contributed by atoms with E-state index in [2.05, 4.69) is 5.32 Å². The van der Waals surface area contributed by atoms with E-state index >= 15 is 0 Å². The number of nitrogens with one attached hydrogen (secondary N) is 1. The summed E-state index contributed by atoms with van der Waals surface area (Å²) in [5.41, 5.74) is 4.58. The number of primary amides is 1. The van der Waals surface area contributed by atoms with Gasteiger partial charge in [-0.1, -0.05) is 0 Å². The smallest absolute Gasteiger partial charge is 0.311 e. The number of rotatable bonds is 5. The molecule has 0 heterocycles. The lowest BCUT2D eigenvalue weighted by atomic mass is 10.1. The molecular weight excluding hydrogens is 242 g/mol. The first kappa shape index (κ1) is 13.4. The molecule has 0 saturated carbocycles. The van der Waals surface area contributed by atoms with Gasteiger partial charge >= 0.3 is 5.69 Å². The fourth-order valence-corrected chi connectivity index (χ4v) is 1.24. The Hall–Kier alpha value is -2.64. The summed E-state index contributed by atoms with van der Waals surface area (Å²) in [6, 6.07) is 3.72. The lowest BCUT2D eigenvalue weighted by Crippen LogP contribution is -2.33. The molecule has 96 valence electrons. The predicted molar refractivity (Wildman–Crippen MR) is 61.2 cm³/mol. The number of nitrogens with two attached hydrogens (primary N) is 1. The van der Waals surface area contributed by atoms with Crippen molar-refractivity contribution in [1.29, 1.82) is 0 Å². The molecule has 2 amide bonds. The average molecular weight is 253 g/mol. The first-order valence-electron chi connectivity index (χ1n) is 4.84. The Kier molecular flexibility index (Phi) is 4.19. The van der Waals surface area contributed by atoms with Crippen molar-refractivity contribution in [1.82, 2.24) is 5.32 Å². The summed E-state index contributed by atoms with van der Waals surface area (Å²) in [5, 5.41) is 13.0. The van der Waals surface area contributed by atoms with Gasteiger partial charge in [0.2, 0.25) is 5.91 Å². The molecule has 8 nitrogen and oxygen atoms in total. The highest BCUT2D eigenvalue weighted by atomic mass is 16.6. The molecule has 0 aliphatic rings. The van der Waals surface area contributed by atoms with Crippen molar-refractivity contribution >= 4 is 17.5 Å². The van der Waals surface area contributed by atoms with Crippen LogP contribution in [0.15, 0.2) is 18.2 Å². The van der Waals surface area contributed by atoms with Crippen LogP contribution in [0.2, 0.25) is 0 Å². The van der Waals surface area contributed by atoms with Gasteiger partial charge in [-0.15, -0.1) is 0 Å². The lowest BCUT2D eigenvalue weighted by Gasteiger charge is -2.05. The second-order valence-corrected chi connectivity index (χ2v) is 3.29. The van der Waals surface area contributed by atoms with E-state index < -0.39 is 16.7 Å². The van der Waals surface area contributed by atoms with E-state index in [1.165, 1.54) is 19.2 Å². The first-order chi connectivity index (χ1) is 8.45. The zero-order valence-corrected chi connectivity index (χ0v) is 9.50. The molecule has 8 heteroatoms. The van der Waals surface area contributed by atoms with Crippen LogP contribution in [0.1, 0.15) is 10.4 Å². The molecular formula is C10H11N3O5. The molecule has 1 rings (SSSR count). The highest BCUT2D eigenvalue weighted by molar-refractivity contribution is 5.97.